The van der Waals surface area contributed by atoms with Crippen molar-refractivity contribution in [3.8, 4) is 0 Å². The van der Waals surface area contributed by atoms with Gasteiger partial charge in [-0.15, -0.1) is 0 Å². The molecule has 0 aromatic rings. The standard InChI is InChI=1S/C8H17N/c1-4-5-6-7-8(2)9-3/h4-5,8-9H,6-7H2,1-3H3/b5-4-. The van der Waals surface area contributed by atoms with Crippen LogP contribution < -0.4 is 5.32 Å². The minimum Gasteiger partial charge on any atom is -0.317 e. The SMILES string of the molecule is C/C=C\CCC(C)NC. The van der Waals surface area contributed by atoms with Crippen molar-refractivity contribution >= 4 is 0 Å². The van der Waals surface area contributed by atoms with Gasteiger partial charge in [0, 0.05) is 6.04 Å². The zero-order chi connectivity index (χ0) is 7.11. The Bertz CT molecular complexity index is 76.6. The summed E-state index contributed by atoms with van der Waals surface area (Å²) in [5.41, 5.74) is 0. The van der Waals surface area contributed by atoms with Gasteiger partial charge in [0.2, 0.25) is 0 Å². The van der Waals surface area contributed by atoms with Crippen LogP contribution in [0.25, 0.3) is 0 Å². The summed E-state index contributed by atoms with van der Waals surface area (Å²) in [6.07, 6.45) is 6.73. The lowest BCUT2D eigenvalue weighted by molar-refractivity contribution is 0.570. The molecule has 1 N–H and O–H groups in total. The first-order chi connectivity index (χ1) is 4.31. The van der Waals surface area contributed by atoms with Crippen LogP contribution >= 0.6 is 0 Å². The van der Waals surface area contributed by atoms with Crippen molar-refractivity contribution < 1.29 is 0 Å². The van der Waals surface area contributed by atoms with Crippen molar-refractivity contribution in [3.63, 3.8) is 0 Å². The summed E-state index contributed by atoms with van der Waals surface area (Å²) < 4.78 is 0. The lowest BCUT2D eigenvalue weighted by Gasteiger charge is -2.06. The Morgan fingerprint density at radius 1 is 1.56 bits per heavy atom. The van der Waals surface area contributed by atoms with Gasteiger partial charge in [0.25, 0.3) is 0 Å². The van der Waals surface area contributed by atoms with Gasteiger partial charge in [-0.1, -0.05) is 12.2 Å². The van der Waals surface area contributed by atoms with Crippen LogP contribution in [0.3, 0.4) is 0 Å². The van der Waals surface area contributed by atoms with Crippen LogP contribution in [0.1, 0.15) is 26.7 Å². The maximum atomic E-state index is 3.19. The number of hydrogen-bond donors (Lipinski definition) is 1. The van der Waals surface area contributed by atoms with Gasteiger partial charge in [-0.25, -0.2) is 0 Å². The Morgan fingerprint density at radius 2 is 2.22 bits per heavy atom. The molecule has 0 aromatic carbocycles. The Balaban J connectivity index is 3.06. The van der Waals surface area contributed by atoms with Crippen LogP contribution in [0, 0.1) is 0 Å². The molecule has 0 bridgehead atoms. The summed E-state index contributed by atoms with van der Waals surface area (Å²) in [6.45, 7) is 4.26. The molecule has 1 nitrogen and oxygen atoms in total. The second kappa shape index (κ2) is 5.83. The maximum Gasteiger partial charge on any atom is 0.00386 e. The van der Waals surface area contributed by atoms with E-state index in [1.165, 1.54) is 12.8 Å². The van der Waals surface area contributed by atoms with E-state index in [1.54, 1.807) is 0 Å². The van der Waals surface area contributed by atoms with Gasteiger partial charge in [0.1, 0.15) is 0 Å². The predicted molar refractivity (Wildman–Crippen MR) is 42.6 cm³/mol. The monoisotopic (exact) mass is 127 g/mol. The van der Waals surface area contributed by atoms with Gasteiger partial charge in [-0.05, 0) is 33.7 Å². The molecule has 1 unspecified atom stereocenters. The molecule has 54 valence electrons. The van der Waals surface area contributed by atoms with E-state index in [0.717, 1.165) is 0 Å². The van der Waals surface area contributed by atoms with Crippen LogP contribution in [-0.4, -0.2) is 13.1 Å². The summed E-state index contributed by atoms with van der Waals surface area (Å²) in [5, 5.41) is 3.19. The molecule has 0 amide bonds. The van der Waals surface area contributed by atoms with Crippen LogP contribution in [0.5, 0.6) is 0 Å². The normalized spacial score (nSPS) is 14.6. The molecular weight excluding hydrogens is 110 g/mol. The largest absolute Gasteiger partial charge is 0.317 e. The van der Waals surface area contributed by atoms with Crippen molar-refractivity contribution in [2.75, 3.05) is 7.05 Å². The minimum absolute atomic E-state index is 0.654. The second-order valence-electron chi connectivity index (χ2n) is 2.34. The fraction of sp³-hybridized carbons (Fsp3) is 0.750. The second-order valence-corrected chi connectivity index (χ2v) is 2.34. The third-order valence-electron chi connectivity index (χ3n) is 1.49. The highest BCUT2D eigenvalue weighted by Gasteiger charge is 1.92. The van der Waals surface area contributed by atoms with Gasteiger partial charge < -0.3 is 5.32 Å². The molecule has 0 rings (SSSR count). The predicted octanol–water partition coefficient (Wildman–Crippen LogP) is 1.95. The van der Waals surface area contributed by atoms with E-state index in [0.29, 0.717) is 6.04 Å². The highest BCUT2D eigenvalue weighted by Crippen LogP contribution is 1.95. The van der Waals surface area contributed by atoms with Crippen molar-refractivity contribution in [1.29, 1.82) is 0 Å². The Labute approximate surface area is 58.2 Å². The molecule has 0 fully saturated rings. The quantitative estimate of drug-likeness (QED) is 0.569. The van der Waals surface area contributed by atoms with Gasteiger partial charge >= 0.3 is 0 Å². The molecule has 9 heavy (non-hydrogen) atoms. The zero-order valence-electron chi connectivity index (χ0n) is 6.65. The van der Waals surface area contributed by atoms with Crippen LogP contribution in [0.15, 0.2) is 12.2 Å². The van der Waals surface area contributed by atoms with Crippen molar-refractivity contribution in [3.05, 3.63) is 12.2 Å². The van der Waals surface area contributed by atoms with Gasteiger partial charge in [0.15, 0.2) is 0 Å². The van der Waals surface area contributed by atoms with E-state index in [9.17, 15) is 0 Å². The number of hydrogen-bond acceptors (Lipinski definition) is 1. The summed E-state index contributed by atoms with van der Waals surface area (Å²) in [4.78, 5) is 0. The van der Waals surface area contributed by atoms with E-state index in [-0.39, 0.29) is 0 Å². The lowest BCUT2D eigenvalue weighted by atomic mass is 10.2. The topological polar surface area (TPSA) is 12.0 Å². The van der Waals surface area contributed by atoms with Gasteiger partial charge in [-0.2, -0.15) is 0 Å². The molecular formula is C8H17N. The van der Waals surface area contributed by atoms with E-state index >= 15 is 0 Å². The Hall–Kier alpha value is -0.300. The van der Waals surface area contributed by atoms with Gasteiger partial charge in [-0.3, -0.25) is 0 Å². The molecule has 0 heterocycles. The molecule has 1 heteroatoms. The third kappa shape index (κ3) is 5.57. The Kier molecular flexibility index (Phi) is 5.64. The maximum absolute atomic E-state index is 3.19. The molecule has 1 atom stereocenters. The molecule has 0 saturated carbocycles. The summed E-state index contributed by atoms with van der Waals surface area (Å²) in [6, 6.07) is 0.654. The van der Waals surface area contributed by atoms with Crippen LogP contribution in [0.2, 0.25) is 0 Å². The Morgan fingerprint density at radius 3 is 2.67 bits per heavy atom. The smallest absolute Gasteiger partial charge is 0.00386 e. The van der Waals surface area contributed by atoms with Crippen molar-refractivity contribution in [2.45, 2.75) is 32.7 Å². The molecule has 0 aliphatic heterocycles. The summed E-state index contributed by atoms with van der Waals surface area (Å²) >= 11 is 0. The van der Waals surface area contributed by atoms with E-state index < -0.39 is 0 Å². The average Bonchev–Trinajstić information content (AvgIpc) is 1.89. The molecule has 0 saturated heterocycles. The fourth-order valence-electron chi connectivity index (χ4n) is 0.657. The zero-order valence-corrected chi connectivity index (χ0v) is 6.65. The van der Waals surface area contributed by atoms with Crippen LogP contribution in [-0.2, 0) is 0 Å². The van der Waals surface area contributed by atoms with Crippen molar-refractivity contribution in [1.82, 2.24) is 5.32 Å². The van der Waals surface area contributed by atoms with Gasteiger partial charge in [0.05, 0.1) is 0 Å². The first-order valence-corrected chi connectivity index (χ1v) is 3.59. The highest BCUT2D eigenvalue weighted by molar-refractivity contribution is 4.78. The van der Waals surface area contributed by atoms with E-state index in [4.69, 9.17) is 0 Å². The van der Waals surface area contributed by atoms with E-state index in [2.05, 4.69) is 31.3 Å². The summed E-state index contributed by atoms with van der Waals surface area (Å²) in [5.74, 6) is 0. The third-order valence-corrected chi connectivity index (χ3v) is 1.49. The van der Waals surface area contributed by atoms with E-state index in [1.807, 2.05) is 7.05 Å². The molecule has 0 spiro atoms. The summed E-state index contributed by atoms with van der Waals surface area (Å²) in [7, 11) is 2.00. The lowest BCUT2D eigenvalue weighted by Crippen LogP contribution is -2.20. The highest BCUT2D eigenvalue weighted by atomic mass is 14.8. The number of nitrogens with one attached hydrogen (secondary N) is 1. The molecule has 0 aliphatic carbocycles. The first kappa shape index (κ1) is 8.70. The number of rotatable bonds is 4. The first-order valence-electron chi connectivity index (χ1n) is 3.59. The molecule has 0 aromatic heterocycles. The molecule has 0 radical (unpaired) electrons. The molecule has 0 aliphatic rings. The fourth-order valence-corrected chi connectivity index (χ4v) is 0.657. The minimum atomic E-state index is 0.654. The van der Waals surface area contributed by atoms with Crippen molar-refractivity contribution in [2.24, 2.45) is 0 Å². The number of allylic oxidation sites excluding steroid dienone is 2. The average molecular weight is 127 g/mol. The van der Waals surface area contributed by atoms with Crippen LogP contribution in [0.4, 0.5) is 0 Å².